The van der Waals surface area contributed by atoms with Crippen LogP contribution in [0.15, 0.2) is 54.9 Å². The lowest BCUT2D eigenvalue weighted by Gasteiger charge is -1.99. The molecule has 2 heterocycles. The van der Waals surface area contributed by atoms with Crippen LogP contribution in [0.25, 0.3) is 27.8 Å². The second-order valence-corrected chi connectivity index (χ2v) is 4.20. The molecule has 1 N–H and O–H groups in total. The lowest BCUT2D eigenvalue weighted by atomic mass is 10.2. The molecule has 4 nitrogen and oxygen atoms in total. The van der Waals surface area contributed by atoms with Gasteiger partial charge >= 0.3 is 0 Å². The predicted molar refractivity (Wildman–Crippen MR) is 70.7 cm³/mol. The fraction of sp³-hybridized carbons (Fsp3) is 0. The summed E-state index contributed by atoms with van der Waals surface area (Å²) in [7, 11) is 0. The maximum atomic E-state index is 4.39. The lowest BCUT2D eigenvalue weighted by Crippen LogP contribution is -1.92. The van der Waals surface area contributed by atoms with Gasteiger partial charge in [0, 0.05) is 5.39 Å². The van der Waals surface area contributed by atoms with Crippen LogP contribution >= 0.6 is 0 Å². The van der Waals surface area contributed by atoms with Crippen LogP contribution < -0.4 is 0 Å². The number of nitrogens with zero attached hydrogens (tertiary/aromatic N) is 3. The number of H-pyrrole nitrogens is 1. The van der Waals surface area contributed by atoms with E-state index in [4.69, 9.17) is 0 Å². The van der Waals surface area contributed by atoms with Crippen molar-refractivity contribution < 1.29 is 0 Å². The van der Waals surface area contributed by atoms with Gasteiger partial charge in [-0.1, -0.05) is 24.3 Å². The molecule has 0 aliphatic rings. The molecule has 0 aliphatic carbocycles. The molecule has 4 heteroatoms. The number of para-hydroxylation sites is 3. The molecule has 0 bridgehead atoms. The highest BCUT2D eigenvalue weighted by atomic mass is 15.2. The van der Waals surface area contributed by atoms with Crippen molar-refractivity contribution in [3.8, 4) is 5.82 Å². The molecular formula is C14H10N4. The first-order valence-electron chi connectivity index (χ1n) is 5.79. The summed E-state index contributed by atoms with van der Waals surface area (Å²) in [5, 5.41) is 8.53. The van der Waals surface area contributed by atoms with Crippen molar-refractivity contribution in [2.75, 3.05) is 0 Å². The van der Waals surface area contributed by atoms with Crippen LogP contribution in [-0.4, -0.2) is 19.7 Å². The molecule has 2 aromatic heterocycles. The quantitative estimate of drug-likeness (QED) is 0.550. The van der Waals surface area contributed by atoms with E-state index in [-0.39, 0.29) is 0 Å². The number of nitrogens with one attached hydrogen (secondary N) is 1. The average molecular weight is 234 g/mol. The van der Waals surface area contributed by atoms with Gasteiger partial charge < -0.3 is 0 Å². The van der Waals surface area contributed by atoms with Crippen molar-refractivity contribution >= 4 is 21.9 Å². The first-order chi connectivity index (χ1) is 8.93. The van der Waals surface area contributed by atoms with Gasteiger partial charge in [0.25, 0.3) is 0 Å². The number of benzene rings is 2. The van der Waals surface area contributed by atoms with E-state index in [1.165, 1.54) is 0 Å². The smallest absolute Gasteiger partial charge is 0.168 e. The fourth-order valence-electron chi connectivity index (χ4n) is 2.26. The normalized spacial score (nSPS) is 11.3. The van der Waals surface area contributed by atoms with Crippen LogP contribution in [0.2, 0.25) is 0 Å². The van der Waals surface area contributed by atoms with Crippen molar-refractivity contribution in [1.82, 2.24) is 19.7 Å². The zero-order valence-electron chi connectivity index (χ0n) is 9.54. The summed E-state index contributed by atoms with van der Waals surface area (Å²) in [6, 6.07) is 16.1. The fourth-order valence-corrected chi connectivity index (χ4v) is 2.26. The van der Waals surface area contributed by atoms with Gasteiger partial charge in [-0.05, 0) is 24.3 Å². The van der Waals surface area contributed by atoms with Crippen LogP contribution in [-0.2, 0) is 0 Å². The highest BCUT2D eigenvalue weighted by Gasteiger charge is 2.09. The number of aromatic amines is 1. The maximum Gasteiger partial charge on any atom is 0.168 e. The third-order valence-electron chi connectivity index (χ3n) is 3.13. The van der Waals surface area contributed by atoms with Crippen molar-refractivity contribution in [3.05, 3.63) is 54.9 Å². The number of hydrogen-bond acceptors (Lipinski definition) is 2. The molecule has 0 spiro atoms. The molecular weight excluding hydrogens is 224 g/mol. The second-order valence-electron chi connectivity index (χ2n) is 4.20. The molecule has 0 radical (unpaired) electrons. The second kappa shape index (κ2) is 3.43. The first-order valence-corrected chi connectivity index (χ1v) is 5.79. The van der Waals surface area contributed by atoms with Gasteiger partial charge in [0.1, 0.15) is 6.33 Å². The summed E-state index contributed by atoms with van der Waals surface area (Å²) >= 11 is 0. The van der Waals surface area contributed by atoms with Crippen molar-refractivity contribution in [2.24, 2.45) is 0 Å². The Morgan fingerprint density at radius 2 is 1.78 bits per heavy atom. The molecule has 0 saturated carbocycles. The highest BCUT2D eigenvalue weighted by molar-refractivity contribution is 5.88. The Bertz CT molecular complexity index is 769. The van der Waals surface area contributed by atoms with Crippen LogP contribution in [0.5, 0.6) is 0 Å². The van der Waals surface area contributed by atoms with E-state index in [1.807, 2.05) is 53.4 Å². The van der Waals surface area contributed by atoms with Gasteiger partial charge in [0.15, 0.2) is 5.82 Å². The summed E-state index contributed by atoms with van der Waals surface area (Å²) in [5.74, 6) is 0.888. The Labute approximate surface area is 103 Å². The predicted octanol–water partition coefficient (Wildman–Crippen LogP) is 2.90. The Kier molecular flexibility index (Phi) is 1.80. The summed E-state index contributed by atoms with van der Waals surface area (Å²) in [5.41, 5.74) is 3.07. The van der Waals surface area contributed by atoms with E-state index >= 15 is 0 Å². The van der Waals surface area contributed by atoms with Crippen molar-refractivity contribution in [3.63, 3.8) is 0 Å². The molecule has 0 amide bonds. The molecule has 18 heavy (non-hydrogen) atoms. The molecule has 0 fully saturated rings. The zero-order chi connectivity index (χ0) is 11.9. The molecule has 86 valence electrons. The van der Waals surface area contributed by atoms with E-state index in [1.54, 1.807) is 0 Å². The van der Waals surface area contributed by atoms with Gasteiger partial charge in [-0.2, -0.15) is 5.10 Å². The maximum absolute atomic E-state index is 4.39. The monoisotopic (exact) mass is 234 g/mol. The average Bonchev–Trinajstić information content (AvgIpc) is 3.01. The molecule has 4 aromatic rings. The minimum Gasteiger partial charge on any atom is -0.281 e. The lowest BCUT2D eigenvalue weighted by molar-refractivity contribution is 0.987. The summed E-state index contributed by atoms with van der Waals surface area (Å²) < 4.78 is 2.01. The van der Waals surface area contributed by atoms with E-state index in [0.717, 1.165) is 27.8 Å². The Morgan fingerprint density at radius 3 is 2.78 bits per heavy atom. The van der Waals surface area contributed by atoms with E-state index in [9.17, 15) is 0 Å². The molecule has 0 aliphatic heterocycles. The highest BCUT2D eigenvalue weighted by Crippen LogP contribution is 2.22. The molecule has 0 unspecified atom stereocenters. The number of hydrogen-bond donors (Lipinski definition) is 1. The van der Waals surface area contributed by atoms with E-state index in [0.29, 0.717) is 0 Å². The van der Waals surface area contributed by atoms with Crippen LogP contribution in [0, 0.1) is 0 Å². The SMILES string of the molecule is c1ccc2c(c1)ncn2-c1n[nH]c2ccccc12. The Hall–Kier alpha value is -2.62. The number of fused-ring (bicyclic) bond motifs is 2. The Morgan fingerprint density at radius 1 is 0.944 bits per heavy atom. The van der Waals surface area contributed by atoms with Gasteiger partial charge in [-0.3, -0.25) is 9.67 Å². The van der Waals surface area contributed by atoms with Crippen molar-refractivity contribution in [2.45, 2.75) is 0 Å². The number of rotatable bonds is 1. The van der Waals surface area contributed by atoms with Gasteiger partial charge in [0.2, 0.25) is 0 Å². The van der Waals surface area contributed by atoms with Crippen LogP contribution in [0.4, 0.5) is 0 Å². The van der Waals surface area contributed by atoms with Gasteiger partial charge in [-0.15, -0.1) is 0 Å². The largest absolute Gasteiger partial charge is 0.281 e. The minimum atomic E-state index is 0.888. The number of imidazole rings is 1. The zero-order valence-corrected chi connectivity index (χ0v) is 9.54. The molecule has 2 aromatic carbocycles. The third kappa shape index (κ3) is 1.20. The summed E-state index contributed by atoms with van der Waals surface area (Å²) in [6.45, 7) is 0. The van der Waals surface area contributed by atoms with Gasteiger partial charge in [0.05, 0.1) is 16.6 Å². The van der Waals surface area contributed by atoms with Crippen molar-refractivity contribution in [1.29, 1.82) is 0 Å². The molecule has 4 rings (SSSR count). The van der Waals surface area contributed by atoms with Gasteiger partial charge in [-0.25, -0.2) is 4.98 Å². The first kappa shape index (κ1) is 9.41. The van der Waals surface area contributed by atoms with E-state index < -0.39 is 0 Å². The van der Waals surface area contributed by atoms with Crippen LogP contribution in [0.1, 0.15) is 0 Å². The Balaban J connectivity index is 2.08. The number of aromatic nitrogens is 4. The van der Waals surface area contributed by atoms with E-state index in [2.05, 4.69) is 21.2 Å². The molecule has 0 saturated heterocycles. The van der Waals surface area contributed by atoms with Crippen LogP contribution in [0.3, 0.4) is 0 Å². The minimum absolute atomic E-state index is 0.888. The molecule has 0 atom stereocenters. The standard InChI is InChI=1S/C14H10N4/c1-2-6-11-10(5-1)14(17-16-11)18-9-15-12-7-3-4-8-13(12)18/h1-9H,(H,16,17). The third-order valence-corrected chi connectivity index (χ3v) is 3.13. The summed E-state index contributed by atoms with van der Waals surface area (Å²) in [6.07, 6.45) is 1.81. The summed E-state index contributed by atoms with van der Waals surface area (Å²) in [4.78, 5) is 4.39. The topological polar surface area (TPSA) is 46.5 Å².